The molecule has 10 heteroatoms. The van der Waals surface area contributed by atoms with Gasteiger partial charge < -0.3 is 10.2 Å². The Morgan fingerprint density at radius 2 is 1.73 bits per heavy atom. The lowest BCUT2D eigenvalue weighted by Gasteiger charge is -2.34. The first-order valence-electron chi connectivity index (χ1n) is 10.4. The SMILES string of the molecule is O=C1NC(=O)C(CCC(=O)N2CCN(S(=O)(=O)c3ccc4c(c3)CCCC4)CC2)N1. The highest BCUT2D eigenvalue weighted by atomic mass is 32.2. The fourth-order valence-electron chi connectivity index (χ4n) is 4.29. The number of urea groups is 1. The van der Waals surface area contributed by atoms with Crippen molar-refractivity contribution in [1.29, 1.82) is 0 Å². The normalized spacial score (nSPS) is 22.4. The molecule has 4 amide bonds. The summed E-state index contributed by atoms with van der Waals surface area (Å²) < 4.78 is 27.5. The van der Waals surface area contributed by atoms with Gasteiger partial charge in [0.15, 0.2) is 0 Å². The minimum atomic E-state index is -3.59. The quantitative estimate of drug-likeness (QED) is 0.651. The third-order valence-corrected chi connectivity index (χ3v) is 7.95. The molecular formula is C20H26N4O5S. The maximum Gasteiger partial charge on any atom is 0.322 e. The molecule has 1 aromatic carbocycles. The van der Waals surface area contributed by atoms with Crippen molar-refractivity contribution in [2.24, 2.45) is 0 Å². The van der Waals surface area contributed by atoms with Crippen molar-refractivity contribution in [1.82, 2.24) is 19.8 Å². The number of aryl methyl sites for hydroxylation is 2. The van der Waals surface area contributed by atoms with E-state index in [0.29, 0.717) is 18.0 Å². The number of fused-ring (bicyclic) bond motifs is 1. The molecule has 4 rings (SSSR count). The van der Waals surface area contributed by atoms with Crippen LogP contribution in [0.1, 0.15) is 36.8 Å². The number of carbonyl (C=O) groups excluding carboxylic acids is 3. The van der Waals surface area contributed by atoms with Crippen molar-refractivity contribution < 1.29 is 22.8 Å². The highest BCUT2D eigenvalue weighted by molar-refractivity contribution is 7.89. The number of rotatable bonds is 5. The summed E-state index contributed by atoms with van der Waals surface area (Å²) in [6, 6.07) is 4.20. The van der Waals surface area contributed by atoms with Crippen molar-refractivity contribution in [2.75, 3.05) is 26.2 Å². The molecule has 1 atom stereocenters. The molecule has 2 N–H and O–H groups in total. The third kappa shape index (κ3) is 4.20. The summed E-state index contributed by atoms with van der Waals surface area (Å²) in [5, 5.41) is 4.61. The predicted molar refractivity (Wildman–Crippen MR) is 108 cm³/mol. The predicted octanol–water partition coefficient (Wildman–Crippen LogP) is 0.387. The van der Waals surface area contributed by atoms with Gasteiger partial charge in [-0.2, -0.15) is 4.31 Å². The zero-order valence-corrected chi connectivity index (χ0v) is 17.5. The zero-order chi connectivity index (χ0) is 21.3. The van der Waals surface area contributed by atoms with Crippen LogP contribution >= 0.6 is 0 Å². The van der Waals surface area contributed by atoms with E-state index in [1.807, 2.05) is 12.1 Å². The van der Waals surface area contributed by atoms with Gasteiger partial charge in [-0.15, -0.1) is 0 Å². The van der Waals surface area contributed by atoms with Gasteiger partial charge >= 0.3 is 6.03 Å². The van der Waals surface area contributed by atoms with Gasteiger partial charge in [0.1, 0.15) is 6.04 Å². The van der Waals surface area contributed by atoms with Crippen LogP contribution in [-0.2, 0) is 32.5 Å². The summed E-state index contributed by atoms with van der Waals surface area (Å²) in [5.74, 6) is -0.566. The van der Waals surface area contributed by atoms with Gasteiger partial charge in [-0.1, -0.05) is 6.07 Å². The van der Waals surface area contributed by atoms with Crippen LogP contribution in [0.3, 0.4) is 0 Å². The van der Waals surface area contributed by atoms with Crippen LogP contribution in [0.2, 0.25) is 0 Å². The highest BCUT2D eigenvalue weighted by Gasteiger charge is 2.33. The van der Waals surface area contributed by atoms with Gasteiger partial charge in [0.05, 0.1) is 4.90 Å². The van der Waals surface area contributed by atoms with E-state index in [0.717, 1.165) is 31.2 Å². The van der Waals surface area contributed by atoms with E-state index >= 15 is 0 Å². The molecule has 1 aromatic rings. The zero-order valence-electron chi connectivity index (χ0n) is 16.7. The average Bonchev–Trinajstić information content (AvgIpc) is 3.08. The molecule has 0 radical (unpaired) electrons. The minimum Gasteiger partial charge on any atom is -0.340 e. The molecule has 162 valence electrons. The lowest BCUT2D eigenvalue weighted by Crippen LogP contribution is -2.50. The monoisotopic (exact) mass is 434 g/mol. The van der Waals surface area contributed by atoms with E-state index in [9.17, 15) is 22.8 Å². The van der Waals surface area contributed by atoms with Gasteiger partial charge in [-0.3, -0.25) is 14.9 Å². The van der Waals surface area contributed by atoms with Gasteiger partial charge in [0.2, 0.25) is 15.9 Å². The molecule has 0 saturated carbocycles. The number of imide groups is 1. The molecule has 0 bridgehead atoms. The van der Waals surface area contributed by atoms with Crippen LogP contribution in [0, 0.1) is 0 Å². The number of benzene rings is 1. The Balaban J connectivity index is 1.33. The van der Waals surface area contributed by atoms with Crippen LogP contribution in [0.25, 0.3) is 0 Å². The van der Waals surface area contributed by atoms with E-state index in [1.54, 1.807) is 11.0 Å². The van der Waals surface area contributed by atoms with Gasteiger partial charge in [0, 0.05) is 32.6 Å². The van der Waals surface area contributed by atoms with E-state index in [-0.39, 0.29) is 31.8 Å². The van der Waals surface area contributed by atoms with E-state index in [4.69, 9.17) is 0 Å². The number of hydrogen-bond acceptors (Lipinski definition) is 5. The lowest BCUT2D eigenvalue weighted by atomic mass is 9.92. The first-order chi connectivity index (χ1) is 14.3. The molecule has 2 aliphatic heterocycles. The average molecular weight is 435 g/mol. The molecule has 0 aromatic heterocycles. The Bertz CT molecular complexity index is 969. The summed E-state index contributed by atoms with van der Waals surface area (Å²) >= 11 is 0. The number of amides is 4. The van der Waals surface area contributed by atoms with E-state index in [1.165, 1.54) is 9.87 Å². The minimum absolute atomic E-state index is 0.121. The maximum atomic E-state index is 13.1. The molecule has 0 spiro atoms. The van der Waals surface area contributed by atoms with Gasteiger partial charge in [-0.25, -0.2) is 13.2 Å². The molecule has 2 fully saturated rings. The van der Waals surface area contributed by atoms with Crippen LogP contribution in [0.15, 0.2) is 23.1 Å². The molecule has 2 saturated heterocycles. The first-order valence-corrected chi connectivity index (χ1v) is 11.8. The summed E-state index contributed by atoms with van der Waals surface area (Å²) in [6.45, 7) is 1.11. The Labute approximate surface area is 175 Å². The Hall–Kier alpha value is -2.46. The Morgan fingerprint density at radius 1 is 1.03 bits per heavy atom. The van der Waals surface area contributed by atoms with Crippen molar-refractivity contribution in [3.63, 3.8) is 0 Å². The summed E-state index contributed by atoms with van der Waals surface area (Å²) in [6.07, 6.45) is 4.50. The second-order valence-electron chi connectivity index (χ2n) is 7.98. The molecular weight excluding hydrogens is 408 g/mol. The largest absolute Gasteiger partial charge is 0.340 e. The van der Waals surface area contributed by atoms with Crippen molar-refractivity contribution in [2.45, 2.75) is 49.5 Å². The van der Waals surface area contributed by atoms with Gasteiger partial charge in [-0.05, 0) is 55.4 Å². The number of piperazine rings is 1. The second-order valence-corrected chi connectivity index (χ2v) is 9.91. The van der Waals surface area contributed by atoms with Crippen molar-refractivity contribution in [3.8, 4) is 0 Å². The number of hydrogen-bond donors (Lipinski definition) is 2. The standard InChI is InChI=1S/C20H26N4O5S/c25-18(8-7-17-19(26)22-20(27)21-17)23-9-11-24(12-10-23)30(28,29)16-6-5-14-3-1-2-4-15(14)13-16/h5-6,13,17H,1-4,7-12H2,(H2,21,22,26,27). The molecule has 30 heavy (non-hydrogen) atoms. The number of sulfonamides is 1. The molecule has 1 aliphatic carbocycles. The fraction of sp³-hybridized carbons (Fsp3) is 0.550. The summed E-state index contributed by atoms with van der Waals surface area (Å²) in [5.41, 5.74) is 2.36. The van der Waals surface area contributed by atoms with Crippen molar-refractivity contribution in [3.05, 3.63) is 29.3 Å². The van der Waals surface area contributed by atoms with Crippen LogP contribution in [0.5, 0.6) is 0 Å². The Kier molecular flexibility index (Phi) is 5.79. The van der Waals surface area contributed by atoms with Crippen LogP contribution in [-0.4, -0.2) is 67.7 Å². The summed E-state index contributed by atoms with van der Waals surface area (Å²) in [4.78, 5) is 37.1. The molecule has 9 nitrogen and oxygen atoms in total. The van der Waals surface area contributed by atoms with E-state index in [2.05, 4.69) is 10.6 Å². The fourth-order valence-corrected chi connectivity index (χ4v) is 5.76. The highest BCUT2D eigenvalue weighted by Crippen LogP contribution is 2.26. The third-order valence-electron chi connectivity index (χ3n) is 6.05. The van der Waals surface area contributed by atoms with Crippen LogP contribution in [0.4, 0.5) is 4.79 Å². The molecule has 2 heterocycles. The number of carbonyl (C=O) groups is 3. The van der Waals surface area contributed by atoms with Crippen LogP contribution < -0.4 is 10.6 Å². The first kappa shape index (κ1) is 20.8. The topological polar surface area (TPSA) is 116 Å². The van der Waals surface area contributed by atoms with E-state index < -0.39 is 28.0 Å². The lowest BCUT2D eigenvalue weighted by molar-refractivity contribution is -0.132. The summed E-state index contributed by atoms with van der Waals surface area (Å²) in [7, 11) is -3.59. The number of nitrogens with zero attached hydrogens (tertiary/aromatic N) is 2. The molecule has 1 unspecified atom stereocenters. The molecule has 3 aliphatic rings. The Morgan fingerprint density at radius 3 is 2.40 bits per heavy atom. The van der Waals surface area contributed by atoms with Gasteiger partial charge in [0.25, 0.3) is 5.91 Å². The second kappa shape index (κ2) is 8.35. The number of nitrogens with one attached hydrogen (secondary N) is 2. The maximum absolute atomic E-state index is 13.1. The van der Waals surface area contributed by atoms with Crippen molar-refractivity contribution >= 4 is 27.9 Å². The smallest absolute Gasteiger partial charge is 0.322 e.